The van der Waals surface area contributed by atoms with E-state index in [1.165, 1.54) is 16.9 Å². The lowest BCUT2D eigenvalue weighted by Crippen LogP contribution is -2.35. The third-order valence-electron chi connectivity index (χ3n) is 5.45. The van der Waals surface area contributed by atoms with E-state index >= 15 is 0 Å². The smallest absolute Gasteiger partial charge is 0.300 e. The van der Waals surface area contributed by atoms with Crippen LogP contribution in [0, 0.1) is 20.8 Å². The molecule has 1 fully saturated rings. The molecule has 168 valence electrons. The molecule has 2 heterocycles. The summed E-state index contributed by atoms with van der Waals surface area (Å²) in [5.74, 6) is -0.771. The van der Waals surface area contributed by atoms with Crippen LogP contribution in [-0.2, 0) is 17.5 Å². The highest BCUT2D eigenvalue weighted by Gasteiger charge is 2.37. The molecule has 0 saturated heterocycles. The molecule has 2 aromatic heterocycles. The predicted octanol–water partition coefficient (Wildman–Crippen LogP) is 4.83. The molecule has 0 radical (unpaired) electrons. The van der Waals surface area contributed by atoms with Crippen LogP contribution in [-0.4, -0.2) is 20.7 Å². The van der Waals surface area contributed by atoms with E-state index in [0.717, 1.165) is 22.8 Å². The van der Waals surface area contributed by atoms with Gasteiger partial charge in [0.2, 0.25) is 5.91 Å². The van der Waals surface area contributed by atoms with Crippen LogP contribution in [0.3, 0.4) is 0 Å². The normalized spacial score (nSPS) is 13.9. The molecule has 1 N–H and O–H groups in total. The Morgan fingerprint density at radius 2 is 1.84 bits per heavy atom. The Balaban J connectivity index is 1.55. The summed E-state index contributed by atoms with van der Waals surface area (Å²) in [5.41, 5.74) is 2.51. The van der Waals surface area contributed by atoms with Crippen LogP contribution in [0.5, 0.6) is 0 Å². The number of nitrogens with zero attached hydrogens (tertiary/aromatic N) is 3. The largest absolute Gasteiger partial charge is 0.421 e. The van der Waals surface area contributed by atoms with Crippen LogP contribution in [0.25, 0.3) is 11.3 Å². The summed E-state index contributed by atoms with van der Waals surface area (Å²) < 4.78 is 40.4. The van der Waals surface area contributed by atoms with E-state index in [2.05, 4.69) is 21.5 Å². The SMILES string of the molecule is Cc1cc(C)c(-c2csc(NC(=O)Cn3nc(C4CC4)cc(C(F)(F)F)c3=O)n2)cc1C. The lowest BCUT2D eigenvalue weighted by atomic mass is 9.99. The van der Waals surface area contributed by atoms with E-state index in [1.54, 1.807) is 5.38 Å². The van der Waals surface area contributed by atoms with Gasteiger partial charge in [0.1, 0.15) is 12.1 Å². The first-order chi connectivity index (χ1) is 15.0. The number of carbonyl (C=O) groups is 1. The Morgan fingerprint density at radius 3 is 2.50 bits per heavy atom. The summed E-state index contributed by atoms with van der Waals surface area (Å²) in [6.45, 7) is 5.38. The number of aryl methyl sites for hydroxylation is 3. The summed E-state index contributed by atoms with van der Waals surface area (Å²) in [6.07, 6.45) is -3.38. The molecule has 0 atom stereocenters. The number of rotatable bonds is 5. The first-order valence-electron chi connectivity index (χ1n) is 10.1. The molecule has 0 aliphatic heterocycles. The number of anilines is 1. The third-order valence-corrected chi connectivity index (χ3v) is 6.21. The van der Waals surface area contributed by atoms with Crippen molar-refractivity contribution in [2.24, 2.45) is 0 Å². The van der Waals surface area contributed by atoms with E-state index < -0.39 is 29.8 Å². The highest BCUT2D eigenvalue weighted by molar-refractivity contribution is 7.14. The molecule has 0 bridgehead atoms. The van der Waals surface area contributed by atoms with Crippen molar-refractivity contribution >= 4 is 22.4 Å². The molecule has 3 aromatic rings. The molecule has 0 unspecified atom stereocenters. The molecule has 1 aliphatic carbocycles. The molecular weight excluding hydrogens is 441 g/mol. The average Bonchev–Trinajstić information content (AvgIpc) is 3.45. The maximum absolute atomic E-state index is 13.3. The van der Waals surface area contributed by atoms with Gasteiger partial charge in [-0.3, -0.25) is 9.59 Å². The van der Waals surface area contributed by atoms with Gasteiger partial charge in [-0.15, -0.1) is 11.3 Å². The number of aromatic nitrogens is 3. The average molecular weight is 462 g/mol. The minimum Gasteiger partial charge on any atom is -0.300 e. The van der Waals surface area contributed by atoms with Gasteiger partial charge in [0.05, 0.1) is 11.4 Å². The second-order valence-electron chi connectivity index (χ2n) is 8.06. The van der Waals surface area contributed by atoms with Crippen LogP contribution in [0.2, 0.25) is 0 Å². The standard InChI is InChI=1S/C22H21F3N4O2S/c1-11-6-13(3)15(7-12(11)2)18-10-32-21(26-18)27-19(30)9-29-20(31)16(22(23,24)25)8-17(28-29)14-4-5-14/h6-8,10,14H,4-5,9H2,1-3H3,(H,26,27,30). The van der Waals surface area contributed by atoms with Crippen molar-refractivity contribution in [1.82, 2.24) is 14.8 Å². The quantitative estimate of drug-likeness (QED) is 0.589. The number of amides is 1. The lowest BCUT2D eigenvalue weighted by molar-refractivity contribution is -0.139. The fraction of sp³-hybridized carbons (Fsp3) is 0.364. The van der Waals surface area contributed by atoms with Crippen LogP contribution in [0.1, 0.15) is 46.7 Å². The first kappa shape index (κ1) is 22.2. The number of hydrogen-bond donors (Lipinski definition) is 1. The van der Waals surface area contributed by atoms with Gasteiger partial charge in [0.15, 0.2) is 5.13 Å². The van der Waals surface area contributed by atoms with Crippen LogP contribution >= 0.6 is 11.3 Å². The fourth-order valence-corrected chi connectivity index (χ4v) is 4.16. The van der Waals surface area contributed by atoms with E-state index in [0.29, 0.717) is 28.3 Å². The first-order valence-corrected chi connectivity index (χ1v) is 10.9. The zero-order valence-electron chi connectivity index (χ0n) is 17.7. The molecule has 1 amide bonds. The molecule has 4 rings (SSSR count). The molecule has 32 heavy (non-hydrogen) atoms. The van der Waals surface area contributed by atoms with Crippen molar-refractivity contribution < 1.29 is 18.0 Å². The third kappa shape index (κ3) is 4.59. The zero-order chi connectivity index (χ0) is 23.2. The van der Waals surface area contributed by atoms with Gasteiger partial charge < -0.3 is 5.32 Å². The topological polar surface area (TPSA) is 76.9 Å². The Labute approximate surface area is 186 Å². The Morgan fingerprint density at radius 1 is 1.16 bits per heavy atom. The number of alkyl halides is 3. The molecule has 0 spiro atoms. The fourth-order valence-electron chi connectivity index (χ4n) is 3.44. The van der Waals surface area contributed by atoms with Gasteiger partial charge in [0, 0.05) is 16.9 Å². The summed E-state index contributed by atoms with van der Waals surface area (Å²) in [4.78, 5) is 29.2. The van der Waals surface area contributed by atoms with Gasteiger partial charge in [-0.2, -0.15) is 18.3 Å². The van der Waals surface area contributed by atoms with Crippen molar-refractivity contribution in [1.29, 1.82) is 0 Å². The number of halogens is 3. The van der Waals surface area contributed by atoms with Gasteiger partial charge >= 0.3 is 6.18 Å². The molecule has 6 nitrogen and oxygen atoms in total. The van der Waals surface area contributed by atoms with Gasteiger partial charge in [0.25, 0.3) is 5.56 Å². The number of nitrogens with one attached hydrogen (secondary N) is 1. The van der Waals surface area contributed by atoms with Crippen LogP contribution in [0.15, 0.2) is 28.4 Å². The van der Waals surface area contributed by atoms with E-state index in [1.807, 2.05) is 26.8 Å². The van der Waals surface area contributed by atoms with Gasteiger partial charge in [-0.05, 0) is 62.4 Å². The molecule has 1 saturated carbocycles. The second kappa shape index (κ2) is 8.16. The van der Waals surface area contributed by atoms with Crippen LogP contribution < -0.4 is 10.9 Å². The monoisotopic (exact) mass is 462 g/mol. The minimum atomic E-state index is -4.81. The van der Waals surface area contributed by atoms with E-state index in [-0.39, 0.29) is 11.6 Å². The highest BCUT2D eigenvalue weighted by Crippen LogP contribution is 2.40. The summed E-state index contributed by atoms with van der Waals surface area (Å²) in [7, 11) is 0. The highest BCUT2D eigenvalue weighted by atomic mass is 32.1. The predicted molar refractivity (Wildman–Crippen MR) is 116 cm³/mol. The molecule has 10 heteroatoms. The van der Waals surface area contributed by atoms with E-state index in [9.17, 15) is 22.8 Å². The van der Waals surface area contributed by atoms with Crippen molar-refractivity contribution in [3.63, 3.8) is 0 Å². The molecular formula is C22H21F3N4O2S. The number of hydrogen-bond acceptors (Lipinski definition) is 5. The Kier molecular flexibility index (Phi) is 5.66. The van der Waals surface area contributed by atoms with Crippen LogP contribution in [0.4, 0.5) is 18.3 Å². The number of carbonyl (C=O) groups excluding carboxylic acids is 1. The Hall–Kier alpha value is -3.01. The van der Waals surface area contributed by atoms with Gasteiger partial charge in [-0.25, -0.2) is 9.67 Å². The molecule has 1 aromatic carbocycles. The van der Waals surface area contributed by atoms with E-state index in [4.69, 9.17) is 0 Å². The van der Waals surface area contributed by atoms with Crippen molar-refractivity contribution in [2.45, 2.75) is 52.3 Å². The maximum Gasteiger partial charge on any atom is 0.421 e. The summed E-state index contributed by atoms with van der Waals surface area (Å²) in [5, 5.41) is 8.66. The Bertz CT molecular complexity index is 1260. The van der Waals surface area contributed by atoms with Gasteiger partial charge in [-0.1, -0.05) is 6.07 Å². The minimum absolute atomic E-state index is 0.103. The maximum atomic E-state index is 13.3. The van der Waals surface area contributed by atoms with Crippen molar-refractivity contribution in [2.75, 3.05) is 5.32 Å². The lowest BCUT2D eigenvalue weighted by Gasteiger charge is -2.12. The number of benzene rings is 1. The summed E-state index contributed by atoms with van der Waals surface area (Å²) >= 11 is 1.20. The van der Waals surface area contributed by atoms with Crippen molar-refractivity contribution in [3.05, 3.63) is 61.9 Å². The molecule has 1 aliphatic rings. The zero-order valence-corrected chi connectivity index (χ0v) is 18.5. The summed E-state index contributed by atoms with van der Waals surface area (Å²) in [6, 6.07) is 4.88. The number of thiazole rings is 1. The van der Waals surface area contributed by atoms with Crippen molar-refractivity contribution in [3.8, 4) is 11.3 Å². The second-order valence-corrected chi connectivity index (χ2v) is 8.91.